The van der Waals surface area contributed by atoms with Gasteiger partial charge in [0.1, 0.15) is 0 Å². The second-order valence-corrected chi connectivity index (χ2v) is 7.86. The first kappa shape index (κ1) is 41.0. The molecule has 0 saturated heterocycles. The van der Waals surface area contributed by atoms with Gasteiger partial charge in [0.05, 0.1) is 0 Å². The van der Waals surface area contributed by atoms with E-state index in [4.69, 9.17) is 0 Å². The van der Waals surface area contributed by atoms with Gasteiger partial charge in [-0.2, -0.15) is 0 Å². The zero-order valence-electron chi connectivity index (χ0n) is 23.4. The second-order valence-electron chi connectivity index (χ2n) is 7.86. The Labute approximate surface area is 207 Å². The molecular weight excluding hydrogens is 384 g/mol. The van der Waals surface area contributed by atoms with E-state index in [-0.39, 0.29) is 0 Å². The van der Waals surface area contributed by atoms with Crippen LogP contribution < -0.4 is 0 Å². The van der Waals surface area contributed by atoms with Gasteiger partial charge in [-0.25, -0.2) is 0 Å². The maximum Gasteiger partial charge on any atom is -0.0353 e. The van der Waals surface area contributed by atoms with Crippen LogP contribution in [0.1, 0.15) is 144 Å². The van der Waals surface area contributed by atoms with Crippen LogP contribution in [-0.2, 0) is 0 Å². The minimum atomic E-state index is 1.18. The fourth-order valence-electron chi connectivity index (χ4n) is 2.11. The molecule has 0 unspecified atom stereocenters. The monoisotopic (exact) mass is 449 g/mol. The molecule has 0 aromatic rings. The number of rotatable bonds is 17. The molecule has 0 radical (unpaired) electrons. The lowest BCUT2D eigenvalue weighted by molar-refractivity contribution is 0.675. The van der Waals surface area contributed by atoms with E-state index in [9.17, 15) is 0 Å². The number of hydrogen-bond donors (Lipinski definition) is 0. The van der Waals surface area contributed by atoms with E-state index in [0.717, 1.165) is 0 Å². The van der Waals surface area contributed by atoms with Crippen LogP contribution in [-0.4, -0.2) is 0 Å². The minimum Gasteiger partial charge on any atom is -0.103 e. The Balaban J connectivity index is -0.0000000955. The number of unbranched alkanes of at least 4 members (excludes halogenated alkanes) is 12. The molecule has 0 amide bonds. The highest BCUT2D eigenvalue weighted by Gasteiger charge is 1.81. The van der Waals surface area contributed by atoms with Crippen LogP contribution in [0.25, 0.3) is 0 Å². The van der Waals surface area contributed by atoms with Gasteiger partial charge in [-0.05, 0) is 38.5 Å². The van der Waals surface area contributed by atoms with Gasteiger partial charge in [0, 0.05) is 0 Å². The van der Waals surface area contributed by atoms with Crippen molar-refractivity contribution in [2.45, 2.75) is 144 Å². The average Bonchev–Trinajstić information content (AvgIpc) is 2.83. The molecule has 0 aliphatic heterocycles. The largest absolute Gasteiger partial charge is 0.103 e. The van der Waals surface area contributed by atoms with Crippen molar-refractivity contribution in [2.24, 2.45) is 0 Å². The first-order valence-electron chi connectivity index (χ1n) is 13.6. The van der Waals surface area contributed by atoms with Gasteiger partial charge in [-0.1, -0.05) is 136 Å². The Hall–Kier alpha value is -1.30. The molecule has 0 aliphatic rings. The smallest absolute Gasteiger partial charge is 0.0353 e. The molecule has 192 valence electrons. The molecule has 0 aromatic carbocycles. The highest BCUT2D eigenvalue weighted by Crippen LogP contribution is 2.01. The number of allylic oxidation sites excluding steroid dienone is 5. The average molecular weight is 449 g/mol. The summed E-state index contributed by atoms with van der Waals surface area (Å²) >= 11 is 0. The van der Waals surface area contributed by atoms with Crippen molar-refractivity contribution in [2.75, 3.05) is 0 Å². The van der Waals surface area contributed by atoms with Crippen molar-refractivity contribution in [1.29, 1.82) is 0 Å². The van der Waals surface area contributed by atoms with Gasteiger partial charge in [-0.15, -0.1) is 32.9 Å². The van der Waals surface area contributed by atoms with Gasteiger partial charge >= 0.3 is 0 Å². The summed E-state index contributed by atoms with van der Waals surface area (Å²) in [7, 11) is 0. The number of hydrogen-bond acceptors (Lipinski definition) is 0. The van der Waals surface area contributed by atoms with E-state index in [1.54, 1.807) is 0 Å². The van der Waals surface area contributed by atoms with Gasteiger partial charge in [0.25, 0.3) is 0 Å². The summed E-state index contributed by atoms with van der Waals surface area (Å²) in [4.78, 5) is 0. The van der Waals surface area contributed by atoms with Crippen LogP contribution in [0, 0.1) is 0 Å². The summed E-state index contributed by atoms with van der Waals surface area (Å²) in [6.45, 7) is 29.0. The molecule has 32 heavy (non-hydrogen) atoms. The molecule has 0 N–H and O–H groups in total. The van der Waals surface area contributed by atoms with E-state index in [1.165, 1.54) is 109 Å². The van der Waals surface area contributed by atoms with Gasteiger partial charge < -0.3 is 0 Å². The Morgan fingerprint density at radius 3 is 0.688 bits per heavy atom. The summed E-state index contributed by atoms with van der Waals surface area (Å²) in [6.07, 6.45) is 31.5. The zero-order valence-corrected chi connectivity index (χ0v) is 23.4. The van der Waals surface area contributed by atoms with Crippen molar-refractivity contribution in [3.8, 4) is 0 Å². The van der Waals surface area contributed by atoms with E-state index < -0.39 is 0 Å². The van der Waals surface area contributed by atoms with Gasteiger partial charge in [0.15, 0.2) is 0 Å². The molecule has 0 bridgehead atoms. The van der Waals surface area contributed by atoms with E-state index >= 15 is 0 Å². The third kappa shape index (κ3) is 89.3. The lowest BCUT2D eigenvalue weighted by atomic mass is 10.2. The fraction of sp³-hybridized carbons (Fsp3) is 0.688. The van der Waals surface area contributed by atoms with Crippen LogP contribution in [0.5, 0.6) is 0 Å². The standard InChI is InChI=1S/C8H16.4C6H12/c1-3-5-7-8-6-4-2;4*1-3-5-6-4-2/h3H,1,4-8H2,2H3;4*3H,1,4-6H2,2H3. The van der Waals surface area contributed by atoms with Crippen molar-refractivity contribution in [1.82, 2.24) is 0 Å². The van der Waals surface area contributed by atoms with Crippen LogP contribution >= 0.6 is 0 Å². The molecule has 0 spiro atoms. The molecule has 0 atom stereocenters. The zero-order chi connectivity index (χ0) is 25.6. The third-order valence-corrected chi connectivity index (χ3v) is 4.31. The Kier molecular flexibility index (Phi) is 73.2. The van der Waals surface area contributed by atoms with Crippen molar-refractivity contribution in [3.63, 3.8) is 0 Å². The van der Waals surface area contributed by atoms with E-state index in [0.29, 0.717) is 0 Å². The fourth-order valence-corrected chi connectivity index (χ4v) is 2.11. The molecule has 0 heterocycles. The summed E-state index contributed by atoms with van der Waals surface area (Å²) in [5.74, 6) is 0. The molecule has 0 rings (SSSR count). The normalized spacial score (nSPS) is 8.41. The Morgan fingerprint density at radius 2 is 0.531 bits per heavy atom. The van der Waals surface area contributed by atoms with Gasteiger partial charge in [0.2, 0.25) is 0 Å². The lowest BCUT2D eigenvalue weighted by Gasteiger charge is -1.91. The van der Waals surface area contributed by atoms with Crippen molar-refractivity contribution < 1.29 is 0 Å². The first-order chi connectivity index (χ1) is 15.6. The maximum atomic E-state index is 3.66. The van der Waals surface area contributed by atoms with Crippen molar-refractivity contribution in [3.05, 3.63) is 63.3 Å². The van der Waals surface area contributed by atoms with Crippen LogP contribution in [0.3, 0.4) is 0 Å². The molecule has 0 fully saturated rings. The van der Waals surface area contributed by atoms with E-state index in [1.807, 2.05) is 30.4 Å². The molecule has 0 nitrogen and oxygen atoms in total. The van der Waals surface area contributed by atoms with Crippen LogP contribution in [0.15, 0.2) is 63.3 Å². The first-order valence-corrected chi connectivity index (χ1v) is 13.6. The second kappa shape index (κ2) is 57.1. The molecule has 0 aromatic heterocycles. The van der Waals surface area contributed by atoms with Crippen LogP contribution in [0.4, 0.5) is 0 Å². The highest BCUT2D eigenvalue weighted by atomic mass is 13.9. The highest BCUT2D eigenvalue weighted by molar-refractivity contribution is 4.66. The quantitative estimate of drug-likeness (QED) is 0.153. The summed E-state index contributed by atoms with van der Waals surface area (Å²) in [5.41, 5.74) is 0. The Bertz CT molecular complexity index is 262. The van der Waals surface area contributed by atoms with Crippen molar-refractivity contribution >= 4 is 0 Å². The SMILES string of the molecule is C=CCCCC.C=CCCCC.C=CCCCC.C=CCCCC.C=CCCCCCC. The van der Waals surface area contributed by atoms with Crippen LogP contribution in [0.2, 0.25) is 0 Å². The van der Waals surface area contributed by atoms with E-state index in [2.05, 4.69) is 67.5 Å². The minimum absolute atomic E-state index is 1.18. The lowest BCUT2D eigenvalue weighted by Crippen LogP contribution is -1.71. The summed E-state index contributed by atoms with van der Waals surface area (Å²) in [6, 6.07) is 0. The molecule has 0 aliphatic carbocycles. The summed E-state index contributed by atoms with van der Waals surface area (Å²) in [5, 5.41) is 0. The maximum absolute atomic E-state index is 3.66. The molecular formula is C32H64. The topological polar surface area (TPSA) is 0 Å². The molecule has 0 heteroatoms. The van der Waals surface area contributed by atoms with Gasteiger partial charge in [-0.3, -0.25) is 0 Å². The predicted octanol–water partition coefficient (Wildman–Crippen LogP) is 12.6. The summed E-state index contributed by atoms with van der Waals surface area (Å²) < 4.78 is 0. The Morgan fingerprint density at radius 1 is 0.312 bits per heavy atom. The third-order valence-electron chi connectivity index (χ3n) is 4.31. The predicted molar refractivity (Wildman–Crippen MR) is 158 cm³/mol. The molecule has 0 saturated carbocycles.